The Balaban J connectivity index is 2.13. The van der Waals surface area contributed by atoms with E-state index >= 15 is 0 Å². The molecule has 0 aliphatic heterocycles. The van der Waals surface area contributed by atoms with Crippen molar-refractivity contribution >= 4 is 11.8 Å². The van der Waals surface area contributed by atoms with Crippen molar-refractivity contribution in [1.82, 2.24) is 10.2 Å². The number of benzene rings is 1. The van der Waals surface area contributed by atoms with Crippen molar-refractivity contribution in [3.05, 3.63) is 29.3 Å². The first kappa shape index (κ1) is 16.7. The molecule has 3 nitrogen and oxygen atoms in total. The summed E-state index contributed by atoms with van der Waals surface area (Å²) in [5.74, 6) is 2.16. The first-order valence-corrected chi connectivity index (χ1v) is 8.87. The lowest BCUT2D eigenvalue weighted by Crippen LogP contribution is -2.35. The second kappa shape index (κ2) is 8.06. The van der Waals surface area contributed by atoms with Crippen LogP contribution in [0.15, 0.2) is 18.2 Å². The van der Waals surface area contributed by atoms with Gasteiger partial charge in [-0.1, -0.05) is 13.0 Å². The highest BCUT2D eigenvalue weighted by Crippen LogP contribution is 2.38. The minimum Gasteiger partial charge on any atom is -0.497 e. The number of aryl methyl sites for hydroxylation is 1. The van der Waals surface area contributed by atoms with E-state index in [4.69, 9.17) is 4.74 Å². The topological polar surface area (TPSA) is 24.5 Å². The lowest BCUT2D eigenvalue weighted by Gasteiger charge is -2.34. The molecule has 2 rings (SSSR count). The molecule has 1 aliphatic carbocycles. The summed E-state index contributed by atoms with van der Waals surface area (Å²) in [5.41, 5.74) is 2.91. The zero-order valence-corrected chi connectivity index (χ0v) is 14.5. The van der Waals surface area contributed by atoms with Gasteiger partial charge in [0.1, 0.15) is 5.75 Å². The molecular formula is C17H28N2OS. The van der Waals surface area contributed by atoms with Gasteiger partial charge in [0.2, 0.25) is 0 Å². The predicted molar refractivity (Wildman–Crippen MR) is 92.5 cm³/mol. The Labute approximate surface area is 133 Å². The Hall–Kier alpha value is -0.710. The quantitative estimate of drug-likeness (QED) is 0.837. The van der Waals surface area contributed by atoms with Gasteiger partial charge in [-0.05, 0) is 56.7 Å². The maximum Gasteiger partial charge on any atom is 0.119 e. The maximum absolute atomic E-state index is 5.41. The monoisotopic (exact) mass is 308 g/mol. The van der Waals surface area contributed by atoms with Gasteiger partial charge in [0.15, 0.2) is 0 Å². The van der Waals surface area contributed by atoms with E-state index in [0.29, 0.717) is 11.3 Å². The van der Waals surface area contributed by atoms with Crippen molar-refractivity contribution < 1.29 is 4.74 Å². The summed E-state index contributed by atoms with van der Waals surface area (Å²) in [6.45, 7) is 4.34. The molecular weight excluding hydrogens is 280 g/mol. The smallest absolute Gasteiger partial charge is 0.119 e. The minimum atomic E-state index is 0.445. The standard InChI is InChI=1S/C17H28N2OS/c1-5-18-17-15-12-14(20-4)8-6-13(15)7-9-16(17)21-11-10-19(2)3/h6,8,12,16-18H,5,7,9-11H2,1-4H3. The highest BCUT2D eigenvalue weighted by atomic mass is 32.2. The highest BCUT2D eigenvalue weighted by Gasteiger charge is 2.29. The molecule has 0 saturated heterocycles. The van der Waals surface area contributed by atoms with E-state index in [-0.39, 0.29) is 0 Å². The van der Waals surface area contributed by atoms with Crippen LogP contribution in [0.3, 0.4) is 0 Å². The molecule has 1 aromatic rings. The fourth-order valence-electron chi connectivity index (χ4n) is 2.91. The Morgan fingerprint density at radius 3 is 2.86 bits per heavy atom. The average molecular weight is 308 g/mol. The zero-order valence-electron chi connectivity index (χ0n) is 13.7. The molecule has 0 heterocycles. The molecule has 1 aromatic carbocycles. The predicted octanol–water partition coefficient (Wildman–Crippen LogP) is 2.96. The molecule has 2 unspecified atom stereocenters. The Bertz CT molecular complexity index is 450. The van der Waals surface area contributed by atoms with Crippen LogP contribution in [0.5, 0.6) is 5.75 Å². The molecule has 0 spiro atoms. The number of fused-ring (bicyclic) bond motifs is 1. The molecule has 0 saturated carbocycles. The SMILES string of the molecule is CCNC1c2cc(OC)ccc2CCC1SCCN(C)C. The number of hydrogen-bond donors (Lipinski definition) is 1. The van der Waals surface area contributed by atoms with Crippen LogP contribution >= 0.6 is 11.8 Å². The third-order valence-electron chi connectivity index (χ3n) is 4.05. The van der Waals surface area contributed by atoms with Crippen molar-refractivity contribution in [2.75, 3.05) is 40.0 Å². The third-order valence-corrected chi connectivity index (χ3v) is 5.41. The molecule has 0 aromatic heterocycles. The molecule has 0 amide bonds. The van der Waals surface area contributed by atoms with E-state index in [9.17, 15) is 0 Å². The van der Waals surface area contributed by atoms with Crippen LogP contribution in [0.2, 0.25) is 0 Å². The van der Waals surface area contributed by atoms with Gasteiger partial charge in [-0.2, -0.15) is 11.8 Å². The van der Waals surface area contributed by atoms with Gasteiger partial charge in [-0.15, -0.1) is 0 Å². The van der Waals surface area contributed by atoms with Gasteiger partial charge in [0.05, 0.1) is 7.11 Å². The fourth-order valence-corrected chi connectivity index (χ4v) is 4.40. The third kappa shape index (κ3) is 4.38. The van der Waals surface area contributed by atoms with Crippen LogP contribution in [-0.2, 0) is 6.42 Å². The van der Waals surface area contributed by atoms with E-state index in [1.165, 1.54) is 29.7 Å². The van der Waals surface area contributed by atoms with Crippen LogP contribution < -0.4 is 10.1 Å². The summed E-state index contributed by atoms with van der Waals surface area (Å²) >= 11 is 2.11. The second-order valence-corrected chi connectivity index (χ2v) is 7.20. The van der Waals surface area contributed by atoms with Crippen LogP contribution in [0.1, 0.15) is 30.5 Å². The largest absolute Gasteiger partial charge is 0.497 e. The van der Waals surface area contributed by atoms with Gasteiger partial charge >= 0.3 is 0 Å². The minimum absolute atomic E-state index is 0.445. The lowest BCUT2D eigenvalue weighted by molar-refractivity contribution is 0.410. The van der Waals surface area contributed by atoms with Gasteiger partial charge in [0.25, 0.3) is 0 Å². The Morgan fingerprint density at radius 1 is 1.38 bits per heavy atom. The van der Waals surface area contributed by atoms with Gasteiger partial charge in [-0.3, -0.25) is 0 Å². The van der Waals surface area contributed by atoms with Crippen molar-refractivity contribution in [2.45, 2.75) is 31.1 Å². The highest BCUT2D eigenvalue weighted by molar-refractivity contribution is 7.99. The van der Waals surface area contributed by atoms with Crippen molar-refractivity contribution in [2.24, 2.45) is 0 Å². The maximum atomic E-state index is 5.41. The zero-order chi connectivity index (χ0) is 15.2. The van der Waals surface area contributed by atoms with Crippen molar-refractivity contribution in [1.29, 1.82) is 0 Å². The molecule has 0 fully saturated rings. The van der Waals surface area contributed by atoms with E-state index < -0.39 is 0 Å². The van der Waals surface area contributed by atoms with Crippen molar-refractivity contribution in [3.63, 3.8) is 0 Å². The summed E-state index contributed by atoms with van der Waals surface area (Å²) in [6, 6.07) is 6.99. The van der Waals surface area contributed by atoms with E-state index in [0.717, 1.165) is 18.8 Å². The second-order valence-electron chi connectivity index (χ2n) is 5.85. The van der Waals surface area contributed by atoms with Crippen molar-refractivity contribution in [3.8, 4) is 5.75 Å². The summed E-state index contributed by atoms with van der Waals surface area (Å²) in [6.07, 6.45) is 2.44. The summed E-state index contributed by atoms with van der Waals surface area (Å²) < 4.78 is 5.41. The van der Waals surface area contributed by atoms with Gasteiger partial charge in [0, 0.05) is 23.6 Å². The average Bonchev–Trinajstić information content (AvgIpc) is 2.48. The fraction of sp³-hybridized carbons (Fsp3) is 0.647. The Morgan fingerprint density at radius 2 is 2.19 bits per heavy atom. The molecule has 1 N–H and O–H groups in total. The van der Waals surface area contributed by atoms with E-state index in [1.807, 2.05) is 0 Å². The molecule has 118 valence electrons. The van der Waals surface area contributed by atoms with Crippen LogP contribution in [-0.4, -0.2) is 50.2 Å². The van der Waals surface area contributed by atoms with E-state index in [2.05, 4.69) is 61.2 Å². The van der Waals surface area contributed by atoms with Gasteiger partial charge < -0.3 is 15.0 Å². The van der Waals surface area contributed by atoms with Gasteiger partial charge in [-0.25, -0.2) is 0 Å². The molecule has 0 bridgehead atoms. The number of thioether (sulfide) groups is 1. The number of nitrogens with zero attached hydrogens (tertiary/aromatic N) is 1. The van der Waals surface area contributed by atoms with Crippen LogP contribution in [0.4, 0.5) is 0 Å². The lowest BCUT2D eigenvalue weighted by atomic mass is 9.87. The van der Waals surface area contributed by atoms with Crippen LogP contribution in [0.25, 0.3) is 0 Å². The summed E-state index contributed by atoms with van der Waals surface area (Å²) in [7, 11) is 6.03. The number of ether oxygens (including phenoxy) is 1. The molecule has 4 heteroatoms. The first-order valence-electron chi connectivity index (χ1n) is 7.82. The Kier molecular flexibility index (Phi) is 6.40. The van der Waals surface area contributed by atoms with Crippen LogP contribution in [0, 0.1) is 0 Å². The molecule has 1 aliphatic rings. The summed E-state index contributed by atoms with van der Waals surface area (Å²) in [5, 5.41) is 4.35. The van der Waals surface area contributed by atoms with E-state index in [1.54, 1.807) is 7.11 Å². The molecule has 2 atom stereocenters. The molecule has 0 radical (unpaired) electrons. The number of hydrogen-bond acceptors (Lipinski definition) is 4. The normalized spacial score (nSPS) is 21.4. The molecule has 21 heavy (non-hydrogen) atoms. The first-order chi connectivity index (χ1) is 10.2. The number of methoxy groups -OCH3 is 1. The summed E-state index contributed by atoms with van der Waals surface area (Å²) in [4.78, 5) is 2.26. The number of nitrogens with one attached hydrogen (secondary N) is 1. The number of rotatable bonds is 7.